The number of ether oxygens (including phenoxy) is 1. The third kappa shape index (κ3) is 4.45. The average molecular weight is 479 g/mol. The summed E-state index contributed by atoms with van der Waals surface area (Å²) in [7, 11) is 1.77. The minimum Gasteiger partial charge on any atom is -0.507 e. The summed E-state index contributed by atoms with van der Waals surface area (Å²) in [6.45, 7) is 13.5. The number of methoxy groups -OCH3 is 1. The van der Waals surface area contributed by atoms with E-state index in [-0.39, 0.29) is 22.7 Å². The number of aromatic hydroxyl groups is 1. The Morgan fingerprint density at radius 1 is 1.17 bits per heavy atom. The maximum atomic E-state index is 13.4. The number of hydrogen-bond acceptors (Lipinski definition) is 4. The molecule has 166 valence electrons. The lowest BCUT2D eigenvalue weighted by molar-refractivity contribution is 0.0944. The van der Waals surface area contributed by atoms with E-state index in [0.29, 0.717) is 29.7 Å². The number of nitrogens with zero attached hydrogens (tertiary/aromatic N) is 2. The normalized spacial score (nSPS) is 25.8. The number of amidine groups is 1. The van der Waals surface area contributed by atoms with Gasteiger partial charge in [-0.3, -0.25) is 4.79 Å². The molecule has 0 amide bonds. The fourth-order valence-corrected chi connectivity index (χ4v) is 5.35. The van der Waals surface area contributed by atoms with Gasteiger partial charge in [0.1, 0.15) is 11.6 Å². The van der Waals surface area contributed by atoms with Crippen LogP contribution >= 0.6 is 16.1 Å². The van der Waals surface area contributed by atoms with Crippen molar-refractivity contribution in [3.63, 3.8) is 0 Å². The molecule has 2 fully saturated rings. The van der Waals surface area contributed by atoms with E-state index in [9.17, 15) is 9.90 Å². The van der Waals surface area contributed by atoms with Gasteiger partial charge in [-0.25, -0.2) is 0 Å². The number of rotatable bonds is 4. The second-order valence-electron chi connectivity index (χ2n) is 10.9. The molecule has 2 aliphatic rings. The first-order valence-corrected chi connectivity index (χ1v) is 11.5. The molecule has 1 aliphatic carbocycles. The number of phenols is 1. The predicted octanol–water partition coefficient (Wildman–Crippen LogP) is 5.24. The molecule has 0 unspecified atom stereocenters. The summed E-state index contributed by atoms with van der Waals surface area (Å²) in [4.78, 5) is 15.5. The molecule has 3 atom stereocenters. The highest BCUT2D eigenvalue weighted by molar-refractivity contribution is 9.08. The number of likely N-dealkylation sites (tertiary alicyclic amines) is 1. The van der Waals surface area contributed by atoms with Crippen LogP contribution in [0.25, 0.3) is 0 Å². The van der Waals surface area contributed by atoms with Crippen LogP contribution in [-0.2, 0) is 15.6 Å². The molecule has 1 saturated carbocycles. The average Bonchev–Trinajstić information content (AvgIpc) is 3.16. The predicted molar refractivity (Wildman–Crippen MR) is 125 cm³/mol. The Hall–Kier alpha value is -1.40. The van der Waals surface area contributed by atoms with Crippen molar-refractivity contribution < 1.29 is 14.6 Å². The quantitative estimate of drug-likeness (QED) is 0.601. The highest BCUT2D eigenvalue weighted by Gasteiger charge is 2.45. The summed E-state index contributed by atoms with van der Waals surface area (Å²) in [5.41, 5.74) is 1.76. The van der Waals surface area contributed by atoms with Gasteiger partial charge in [0.05, 0.1) is 28.8 Å². The van der Waals surface area contributed by atoms with E-state index in [1.807, 2.05) is 12.1 Å². The number of hydrogen-bond donors (Lipinski definition) is 1. The molecule has 0 radical (unpaired) electrons. The standard InChI is InChI=1S/C24H35BrN2O3/c1-23(2,3)18-9-14(10-19(21(18)29)24(4,5)6)20(28)13-27-12-15-8-16(30-7)11-17(15)22(27)26-25/h9-10,15-17,29H,8,11-13H2,1-7H3/t15-,16-,17-/m0/s1. The molecule has 5 nitrogen and oxygen atoms in total. The lowest BCUT2D eigenvalue weighted by Gasteiger charge is -2.28. The lowest BCUT2D eigenvalue weighted by atomic mass is 9.78. The van der Waals surface area contributed by atoms with Crippen molar-refractivity contribution in [2.75, 3.05) is 20.2 Å². The summed E-state index contributed by atoms with van der Waals surface area (Å²) < 4.78 is 9.91. The summed E-state index contributed by atoms with van der Waals surface area (Å²) in [5, 5.41) is 10.9. The third-order valence-electron chi connectivity index (χ3n) is 6.56. The van der Waals surface area contributed by atoms with Gasteiger partial charge in [-0.15, -0.1) is 0 Å². The van der Waals surface area contributed by atoms with Crippen LogP contribution in [0.1, 0.15) is 75.9 Å². The molecule has 1 N–H and O–H groups in total. The number of Topliss-reactive ketones (excluding diaryl/α,β-unsaturated/α-hetero) is 1. The monoisotopic (exact) mass is 478 g/mol. The van der Waals surface area contributed by atoms with Crippen molar-refractivity contribution in [2.24, 2.45) is 15.9 Å². The van der Waals surface area contributed by atoms with E-state index in [2.05, 4.69) is 66.6 Å². The van der Waals surface area contributed by atoms with Gasteiger partial charge in [0, 0.05) is 36.3 Å². The van der Waals surface area contributed by atoms with Gasteiger partial charge in [-0.2, -0.15) is 4.02 Å². The first-order valence-electron chi connectivity index (χ1n) is 10.7. The van der Waals surface area contributed by atoms with E-state index >= 15 is 0 Å². The molecule has 1 aromatic carbocycles. The van der Waals surface area contributed by atoms with Crippen LogP contribution in [0, 0.1) is 11.8 Å². The van der Waals surface area contributed by atoms with Gasteiger partial charge in [-0.1, -0.05) is 41.5 Å². The molecular formula is C24H35BrN2O3. The van der Waals surface area contributed by atoms with Crippen LogP contribution < -0.4 is 0 Å². The van der Waals surface area contributed by atoms with Crippen molar-refractivity contribution in [2.45, 2.75) is 71.3 Å². The van der Waals surface area contributed by atoms with E-state index in [1.165, 1.54) is 0 Å². The Kier molecular flexibility index (Phi) is 6.41. The second kappa shape index (κ2) is 8.27. The van der Waals surface area contributed by atoms with Crippen molar-refractivity contribution in [3.05, 3.63) is 28.8 Å². The molecule has 1 heterocycles. The van der Waals surface area contributed by atoms with Crippen molar-refractivity contribution in [3.8, 4) is 5.75 Å². The molecule has 0 bridgehead atoms. The molecule has 1 aliphatic heterocycles. The number of carbonyl (C=O) groups is 1. The smallest absolute Gasteiger partial charge is 0.182 e. The van der Waals surface area contributed by atoms with Gasteiger partial charge in [0.25, 0.3) is 0 Å². The fourth-order valence-electron chi connectivity index (χ4n) is 4.86. The number of halogens is 1. The number of benzene rings is 1. The zero-order chi connectivity index (χ0) is 22.4. The first kappa shape index (κ1) is 23.3. The number of carbonyl (C=O) groups excluding carboxylic acids is 1. The Labute approximate surface area is 189 Å². The van der Waals surface area contributed by atoms with E-state index < -0.39 is 0 Å². The number of phenolic OH excluding ortho intramolecular Hbond substituents is 1. The summed E-state index contributed by atoms with van der Waals surface area (Å²) >= 11 is 3.29. The van der Waals surface area contributed by atoms with E-state index in [1.54, 1.807) is 7.11 Å². The summed E-state index contributed by atoms with van der Waals surface area (Å²) in [5.74, 6) is 2.14. The summed E-state index contributed by atoms with van der Waals surface area (Å²) in [6, 6.07) is 3.74. The van der Waals surface area contributed by atoms with Crippen molar-refractivity contribution in [1.29, 1.82) is 0 Å². The number of fused-ring (bicyclic) bond motifs is 1. The van der Waals surface area contributed by atoms with Crippen LogP contribution in [0.4, 0.5) is 0 Å². The SMILES string of the molecule is CO[C@H]1C[C@H]2CN(CC(=O)c3cc(C(C)(C)C)c(O)c(C(C)(C)C)c3)C(=NBr)[C@H]2C1. The van der Waals surface area contributed by atoms with Gasteiger partial charge in [0.15, 0.2) is 5.78 Å². The largest absolute Gasteiger partial charge is 0.507 e. The topological polar surface area (TPSA) is 62.1 Å². The maximum absolute atomic E-state index is 13.4. The molecule has 6 heteroatoms. The van der Waals surface area contributed by atoms with Crippen LogP contribution in [0.2, 0.25) is 0 Å². The number of ketones is 1. The van der Waals surface area contributed by atoms with Gasteiger partial charge < -0.3 is 14.7 Å². The minimum atomic E-state index is -0.261. The Morgan fingerprint density at radius 2 is 1.73 bits per heavy atom. The van der Waals surface area contributed by atoms with Crippen LogP contribution in [0.5, 0.6) is 5.75 Å². The van der Waals surface area contributed by atoms with Crippen LogP contribution in [-0.4, -0.2) is 47.9 Å². The highest BCUT2D eigenvalue weighted by atomic mass is 79.9. The molecule has 1 saturated heterocycles. The van der Waals surface area contributed by atoms with E-state index in [0.717, 1.165) is 36.3 Å². The van der Waals surface area contributed by atoms with Crippen molar-refractivity contribution >= 4 is 27.8 Å². The first-order chi connectivity index (χ1) is 13.9. The van der Waals surface area contributed by atoms with Gasteiger partial charge in [0.2, 0.25) is 0 Å². The Morgan fingerprint density at radius 3 is 2.20 bits per heavy atom. The fraction of sp³-hybridized carbons (Fsp3) is 0.667. The second-order valence-corrected chi connectivity index (χ2v) is 11.2. The van der Waals surface area contributed by atoms with Gasteiger partial charge in [-0.05, 0) is 41.7 Å². The molecule has 0 spiro atoms. The molecule has 0 aromatic heterocycles. The lowest BCUT2D eigenvalue weighted by Crippen LogP contribution is -2.34. The van der Waals surface area contributed by atoms with Crippen LogP contribution in [0.3, 0.4) is 0 Å². The molecular weight excluding hydrogens is 444 g/mol. The van der Waals surface area contributed by atoms with Crippen LogP contribution in [0.15, 0.2) is 16.2 Å². The Balaban J connectivity index is 1.89. The van der Waals surface area contributed by atoms with E-state index in [4.69, 9.17) is 4.74 Å². The van der Waals surface area contributed by atoms with Gasteiger partial charge >= 0.3 is 0 Å². The summed E-state index contributed by atoms with van der Waals surface area (Å²) in [6.07, 6.45) is 2.25. The Bertz CT molecular complexity index is 816. The third-order valence-corrected chi connectivity index (χ3v) is 6.93. The van der Waals surface area contributed by atoms with Crippen molar-refractivity contribution in [1.82, 2.24) is 4.90 Å². The maximum Gasteiger partial charge on any atom is 0.182 e. The molecule has 30 heavy (non-hydrogen) atoms. The zero-order valence-corrected chi connectivity index (χ0v) is 20.8. The highest BCUT2D eigenvalue weighted by Crippen LogP contribution is 2.42. The molecule has 1 aromatic rings. The molecule has 3 rings (SSSR count). The zero-order valence-electron chi connectivity index (χ0n) is 19.3. The minimum absolute atomic E-state index is 0.0583.